The third-order valence-corrected chi connectivity index (χ3v) is 6.34. The van der Waals surface area contributed by atoms with Gasteiger partial charge in [-0.3, -0.25) is 14.3 Å². The van der Waals surface area contributed by atoms with Gasteiger partial charge >= 0.3 is 0 Å². The zero-order valence-electron chi connectivity index (χ0n) is 17.1. The van der Waals surface area contributed by atoms with E-state index in [0.717, 1.165) is 35.5 Å². The van der Waals surface area contributed by atoms with Gasteiger partial charge in [-0.1, -0.05) is 48.2 Å². The molecule has 0 atom stereocenters. The molecule has 7 heteroatoms. The van der Waals surface area contributed by atoms with E-state index in [-0.39, 0.29) is 5.91 Å². The van der Waals surface area contributed by atoms with E-state index >= 15 is 0 Å². The van der Waals surface area contributed by atoms with Crippen LogP contribution in [0.3, 0.4) is 0 Å². The summed E-state index contributed by atoms with van der Waals surface area (Å²) < 4.78 is 2.02. The van der Waals surface area contributed by atoms with E-state index in [0.29, 0.717) is 16.7 Å². The number of thioether (sulfide) groups is 1. The average Bonchev–Trinajstić information content (AvgIpc) is 3.43. The van der Waals surface area contributed by atoms with Gasteiger partial charge in [0.2, 0.25) is 5.91 Å². The van der Waals surface area contributed by atoms with Crippen LogP contribution in [0, 0.1) is 6.92 Å². The fourth-order valence-corrected chi connectivity index (χ4v) is 4.70. The number of hydrogen-bond donors (Lipinski definition) is 0. The Morgan fingerprint density at radius 1 is 1.00 bits per heavy atom. The number of benzene rings is 2. The predicted octanol–water partition coefficient (Wildman–Crippen LogP) is 4.32. The molecule has 0 unspecified atom stereocenters. The van der Waals surface area contributed by atoms with E-state index in [1.165, 1.54) is 17.3 Å². The number of anilines is 1. The standard InChI is InChI=1S/C24H21N5OS/c1-17-7-2-4-10-20(17)29-23(19-9-6-13-25-15-19)26-27-24(29)31-16-22(30)28-14-12-18-8-3-5-11-21(18)28/h2-11,13,15H,12,14,16H2,1H3. The number of amides is 1. The average molecular weight is 428 g/mol. The molecule has 1 aliphatic rings. The molecule has 0 saturated heterocycles. The molecule has 0 radical (unpaired) electrons. The molecule has 31 heavy (non-hydrogen) atoms. The Balaban J connectivity index is 1.45. The number of fused-ring (bicyclic) bond motifs is 1. The van der Waals surface area contributed by atoms with Crippen LogP contribution in [-0.4, -0.2) is 38.0 Å². The van der Waals surface area contributed by atoms with E-state index in [1.807, 2.05) is 58.0 Å². The highest BCUT2D eigenvalue weighted by Gasteiger charge is 2.25. The number of pyridine rings is 1. The van der Waals surface area contributed by atoms with E-state index in [2.05, 4.69) is 34.2 Å². The molecule has 3 heterocycles. The van der Waals surface area contributed by atoms with Crippen LogP contribution in [0.5, 0.6) is 0 Å². The summed E-state index contributed by atoms with van der Waals surface area (Å²) in [5.74, 6) is 1.09. The van der Waals surface area contributed by atoms with Crippen molar-refractivity contribution in [1.29, 1.82) is 0 Å². The molecule has 0 saturated carbocycles. The zero-order valence-corrected chi connectivity index (χ0v) is 17.9. The van der Waals surface area contributed by atoms with Gasteiger partial charge in [0, 0.05) is 30.2 Å². The summed E-state index contributed by atoms with van der Waals surface area (Å²) in [5.41, 5.74) is 5.22. The van der Waals surface area contributed by atoms with Crippen molar-refractivity contribution in [1.82, 2.24) is 19.7 Å². The molecule has 0 spiro atoms. The normalized spacial score (nSPS) is 12.7. The van der Waals surface area contributed by atoms with Crippen molar-refractivity contribution in [2.45, 2.75) is 18.5 Å². The molecular formula is C24H21N5OS. The summed E-state index contributed by atoms with van der Waals surface area (Å²) >= 11 is 1.41. The number of nitrogens with zero attached hydrogens (tertiary/aromatic N) is 5. The maximum absolute atomic E-state index is 13.0. The third kappa shape index (κ3) is 3.72. The lowest BCUT2D eigenvalue weighted by Gasteiger charge is -2.17. The highest BCUT2D eigenvalue weighted by Crippen LogP contribution is 2.31. The Hall–Kier alpha value is -3.45. The number of aromatic nitrogens is 4. The first-order valence-corrected chi connectivity index (χ1v) is 11.1. The summed E-state index contributed by atoms with van der Waals surface area (Å²) in [7, 11) is 0. The molecule has 5 rings (SSSR count). The SMILES string of the molecule is Cc1ccccc1-n1c(SCC(=O)N2CCc3ccccc32)nnc1-c1cccnc1. The minimum atomic E-state index is 0.0808. The summed E-state index contributed by atoms with van der Waals surface area (Å²) in [6, 6.07) is 20.1. The molecule has 1 aliphatic heterocycles. The lowest BCUT2D eigenvalue weighted by atomic mass is 10.2. The van der Waals surface area contributed by atoms with E-state index in [4.69, 9.17) is 0 Å². The van der Waals surface area contributed by atoms with Crippen LogP contribution in [0.2, 0.25) is 0 Å². The van der Waals surface area contributed by atoms with Gasteiger partial charge in [-0.05, 0) is 48.7 Å². The molecule has 6 nitrogen and oxygen atoms in total. The first kappa shape index (κ1) is 19.5. The lowest BCUT2D eigenvalue weighted by molar-refractivity contribution is -0.116. The number of para-hydroxylation sites is 2. The highest BCUT2D eigenvalue weighted by molar-refractivity contribution is 7.99. The number of rotatable bonds is 5. The minimum Gasteiger partial charge on any atom is -0.311 e. The molecule has 0 aliphatic carbocycles. The van der Waals surface area contributed by atoms with Crippen LogP contribution in [0.15, 0.2) is 78.2 Å². The smallest absolute Gasteiger partial charge is 0.237 e. The number of aryl methyl sites for hydroxylation is 1. The summed E-state index contributed by atoms with van der Waals surface area (Å²) in [4.78, 5) is 19.1. The van der Waals surface area contributed by atoms with Crippen molar-refractivity contribution < 1.29 is 4.79 Å². The van der Waals surface area contributed by atoms with Crippen molar-refractivity contribution in [2.75, 3.05) is 17.2 Å². The first-order chi connectivity index (χ1) is 15.2. The van der Waals surface area contributed by atoms with Gasteiger partial charge in [-0.25, -0.2) is 0 Å². The molecule has 1 amide bonds. The Morgan fingerprint density at radius 3 is 2.61 bits per heavy atom. The van der Waals surface area contributed by atoms with Gasteiger partial charge in [-0.2, -0.15) is 0 Å². The first-order valence-electron chi connectivity index (χ1n) is 10.2. The second-order valence-electron chi connectivity index (χ2n) is 7.38. The summed E-state index contributed by atoms with van der Waals surface area (Å²) in [5, 5.41) is 9.56. The number of carbonyl (C=O) groups excluding carboxylic acids is 1. The maximum atomic E-state index is 13.0. The highest BCUT2D eigenvalue weighted by atomic mass is 32.2. The van der Waals surface area contributed by atoms with Gasteiger partial charge in [0.15, 0.2) is 11.0 Å². The van der Waals surface area contributed by atoms with Gasteiger partial charge in [0.05, 0.1) is 11.4 Å². The largest absolute Gasteiger partial charge is 0.311 e. The van der Waals surface area contributed by atoms with Crippen molar-refractivity contribution in [3.63, 3.8) is 0 Å². The topological polar surface area (TPSA) is 63.9 Å². The van der Waals surface area contributed by atoms with E-state index in [9.17, 15) is 4.79 Å². The van der Waals surface area contributed by atoms with Crippen LogP contribution in [0.25, 0.3) is 17.1 Å². The van der Waals surface area contributed by atoms with Crippen LogP contribution < -0.4 is 4.90 Å². The summed E-state index contributed by atoms with van der Waals surface area (Å²) in [6.07, 6.45) is 4.41. The van der Waals surface area contributed by atoms with Crippen LogP contribution in [0.1, 0.15) is 11.1 Å². The van der Waals surface area contributed by atoms with Gasteiger partial charge < -0.3 is 4.90 Å². The molecule has 154 valence electrons. The molecule has 0 fully saturated rings. The van der Waals surface area contributed by atoms with Crippen LogP contribution >= 0.6 is 11.8 Å². The fraction of sp³-hybridized carbons (Fsp3) is 0.167. The summed E-state index contributed by atoms with van der Waals surface area (Å²) in [6.45, 7) is 2.78. The fourth-order valence-electron chi connectivity index (χ4n) is 3.88. The maximum Gasteiger partial charge on any atom is 0.237 e. The Labute approximate surface area is 185 Å². The monoisotopic (exact) mass is 427 g/mol. The molecule has 4 aromatic rings. The Morgan fingerprint density at radius 2 is 1.81 bits per heavy atom. The Kier molecular flexibility index (Phi) is 5.26. The van der Waals surface area contributed by atoms with Crippen LogP contribution in [-0.2, 0) is 11.2 Å². The van der Waals surface area contributed by atoms with E-state index in [1.54, 1.807) is 12.4 Å². The van der Waals surface area contributed by atoms with Crippen molar-refractivity contribution >= 4 is 23.4 Å². The van der Waals surface area contributed by atoms with Crippen molar-refractivity contribution in [3.05, 3.63) is 84.2 Å². The number of hydrogen-bond acceptors (Lipinski definition) is 5. The molecule has 2 aromatic carbocycles. The van der Waals surface area contributed by atoms with Gasteiger partial charge in [0.25, 0.3) is 0 Å². The van der Waals surface area contributed by atoms with Gasteiger partial charge in [-0.15, -0.1) is 10.2 Å². The number of carbonyl (C=O) groups is 1. The predicted molar refractivity (Wildman–Crippen MR) is 123 cm³/mol. The third-order valence-electron chi connectivity index (χ3n) is 5.42. The van der Waals surface area contributed by atoms with Crippen LogP contribution in [0.4, 0.5) is 5.69 Å². The molecule has 0 bridgehead atoms. The van der Waals surface area contributed by atoms with Crippen molar-refractivity contribution in [2.24, 2.45) is 0 Å². The zero-order chi connectivity index (χ0) is 21.2. The minimum absolute atomic E-state index is 0.0808. The quantitative estimate of drug-likeness (QED) is 0.444. The van der Waals surface area contributed by atoms with E-state index < -0.39 is 0 Å². The molecular weight excluding hydrogens is 406 g/mol. The van der Waals surface area contributed by atoms with Gasteiger partial charge in [0.1, 0.15) is 0 Å². The van der Waals surface area contributed by atoms with Crippen molar-refractivity contribution in [3.8, 4) is 17.1 Å². The molecule has 0 N–H and O–H groups in total. The second kappa shape index (κ2) is 8.35. The second-order valence-corrected chi connectivity index (χ2v) is 8.33. The lowest BCUT2D eigenvalue weighted by Crippen LogP contribution is -2.30. The Bertz CT molecular complexity index is 1240. The molecule has 2 aromatic heterocycles.